The highest BCUT2D eigenvalue weighted by Gasteiger charge is 1.73. The monoisotopic (exact) mass is 212 g/mol. The first-order chi connectivity index (χ1) is 2.27. The van der Waals surface area contributed by atoms with Gasteiger partial charge in [-0.1, -0.05) is 6.58 Å². The fraction of sp³-hybridized carbons (Fsp3) is 0. The van der Waals surface area contributed by atoms with Gasteiger partial charge in [0.25, 0.3) is 0 Å². The fourth-order valence-corrected chi connectivity index (χ4v) is 0. The zero-order valence-corrected chi connectivity index (χ0v) is 4.73. The van der Waals surface area contributed by atoms with Crippen LogP contribution < -0.4 is 0 Å². The van der Waals surface area contributed by atoms with Crippen LogP contribution >= 0.6 is 22.6 Å². The van der Waals surface area contributed by atoms with Gasteiger partial charge in [0, 0.05) is 22.6 Å². The highest BCUT2D eigenvalue weighted by atomic mass is 127. The number of hydrogen-bond acceptors (Lipinski definition) is 1. The van der Waals surface area contributed by atoms with Crippen LogP contribution in [0.25, 0.3) is 0 Å². The Kier molecular flexibility index (Phi) is 9.30. The van der Waals surface area contributed by atoms with Gasteiger partial charge in [-0.05, 0) is 6.08 Å². The van der Waals surface area contributed by atoms with Gasteiger partial charge in [-0.3, -0.25) is 4.79 Å². The van der Waals surface area contributed by atoms with Crippen molar-refractivity contribution in [2.75, 3.05) is 0 Å². The molecule has 0 radical (unpaired) electrons. The SMILES string of the molecule is C=CC(=O)I.[AlH3]. The van der Waals surface area contributed by atoms with Crippen LogP contribution in [0.15, 0.2) is 12.7 Å². The quantitative estimate of drug-likeness (QED) is 0.258. The number of hydrogen-bond donors (Lipinski definition) is 0. The molecule has 0 saturated carbocycles. The van der Waals surface area contributed by atoms with Crippen LogP contribution in [0.5, 0.6) is 0 Å². The van der Waals surface area contributed by atoms with E-state index >= 15 is 0 Å². The average molecular weight is 212 g/mol. The second-order valence-electron chi connectivity index (χ2n) is 0.508. The lowest BCUT2D eigenvalue weighted by molar-refractivity contribution is -0.105. The lowest BCUT2D eigenvalue weighted by Gasteiger charge is -1.59. The van der Waals surface area contributed by atoms with Gasteiger partial charge in [0.05, 0.1) is 0 Å². The Hall–Kier alpha value is 0.672. The molecular weight excluding hydrogens is 206 g/mol. The second-order valence-corrected chi connectivity index (χ2v) is 1.57. The third-order valence-electron chi connectivity index (χ3n) is 0.160. The van der Waals surface area contributed by atoms with E-state index in [1.54, 1.807) is 22.6 Å². The van der Waals surface area contributed by atoms with Crippen LogP contribution in [0.1, 0.15) is 0 Å². The van der Waals surface area contributed by atoms with Crippen LogP contribution in [-0.4, -0.2) is 21.2 Å². The standard InChI is InChI=1S/C3H3IO.Al.3H/c1-2-3(4)5;;;;/h2H,1H2;;;;. The largest absolute Gasteiger partial charge is 0.283 e. The predicted molar refractivity (Wildman–Crippen MR) is 39.2 cm³/mol. The van der Waals surface area contributed by atoms with Crippen molar-refractivity contribution in [3.8, 4) is 0 Å². The van der Waals surface area contributed by atoms with Gasteiger partial charge >= 0.3 is 0 Å². The topological polar surface area (TPSA) is 17.1 Å². The maximum Gasteiger partial charge on any atom is 0.214 e. The van der Waals surface area contributed by atoms with Crippen molar-refractivity contribution in [1.82, 2.24) is 0 Å². The summed E-state index contributed by atoms with van der Waals surface area (Å²) in [5.74, 6) is 0. The molecule has 0 aliphatic heterocycles. The van der Waals surface area contributed by atoms with Gasteiger partial charge in [-0.2, -0.15) is 0 Å². The molecule has 34 valence electrons. The summed E-state index contributed by atoms with van der Waals surface area (Å²) in [4.78, 5) is 9.68. The maximum atomic E-state index is 9.68. The first-order valence-corrected chi connectivity index (χ1v) is 2.17. The van der Waals surface area contributed by atoms with Crippen molar-refractivity contribution in [3.05, 3.63) is 12.7 Å². The third-order valence-corrected chi connectivity index (χ3v) is 0.601. The summed E-state index contributed by atoms with van der Waals surface area (Å²) in [5, 5.41) is 0. The van der Waals surface area contributed by atoms with Crippen molar-refractivity contribution < 1.29 is 4.79 Å². The summed E-state index contributed by atoms with van der Waals surface area (Å²) in [7, 11) is 0. The minimum absolute atomic E-state index is 0. The minimum atomic E-state index is -0.0115. The molecule has 0 N–H and O–H groups in total. The molecule has 0 heterocycles. The van der Waals surface area contributed by atoms with E-state index in [0.29, 0.717) is 0 Å². The molecule has 6 heavy (non-hydrogen) atoms. The molecular formula is C3H6AlIO. The van der Waals surface area contributed by atoms with Gasteiger partial charge in [0.2, 0.25) is 3.79 Å². The summed E-state index contributed by atoms with van der Waals surface area (Å²) in [6.07, 6.45) is 1.26. The summed E-state index contributed by atoms with van der Waals surface area (Å²) >= 11 is 1.65. The molecule has 0 aromatic carbocycles. The van der Waals surface area contributed by atoms with Crippen LogP contribution in [0.4, 0.5) is 0 Å². The molecule has 3 heteroatoms. The predicted octanol–water partition coefficient (Wildman–Crippen LogP) is -0.0499. The van der Waals surface area contributed by atoms with Crippen molar-refractivity contribution in [1.29, 1.82) is 0 Å². The van der Waals surface area contributed by atoms with Gasteiger partial charge in [-0.15, -0.1) is 0 Å². The minimum Gasteiger partial charge on any atom is -0.283 e. The van der Waals surface area contributed by atoms with Crippen LogP contribution in [0.2, 0.25) is 0 Å². The molecule has 0 aliphatic carbocycles. The van der Waals surface area contributed by atoms with E-state index < -0.39 is 0 Å². The molecule has 0 bridgehead atoms. The molecule has 0 atom stereocenters. The number of carbonyl (C=O) groups excluding carboxylic acids is 1. The number of halogens is 1. The average Bonchev–Trinajstić information content (AvgIpc) is 1.38. The van der Waals surface area contributed by atoms with E-state index in [9.17, 15) is 4.79 Å². The molecule has 0 aromatic rings. The molecule has 0 spiro atoms. The Bertz CT molecular complexity index is 61.8. The fourth-order valence-electron chi connectivity index (χ4n) is 0. The van der Waals surface area contributed by atoms with Crippen molar-refractivity contribution >= 4 is 43.7 Å². The van der Waals surface area contributed by atoms with E-state index in [1.165, 1.54) is 6.08 Å². The summed E-state index contributed by atoms with van der Waals surface area (Å²) < 4.78 is -0.0115. The number of allylic oxidation sites excluding steroid dienone is 1. The van der Waals surface area contributed by atoms with Gasteiger partial charge in [-0.25, -0.2) is 0 Å². The van der Waals surface area contributed by atoms with Crippen molar-refractivity contribution in [3.63, 3.8) is 0 Å². The Labute approximate surface area is 61.1 Å². The highest BCUT2D eigenvalue weighted by Crippen LogP contribution is 1.81. The molecule has 0 unspecified atom stereocenters. The summed E-state index contributed by atoms with van der Waals surface area (Å²) in [5.41, 5.74) is 0. The summed E-state index contributed by atoms with van der Waals surface area (Å²) in [6.45, 7) is 3.20. The molecule has 0 amide bonds. The van der Waals surface area contributed by atoms with Crippen molar-refractivity contribution in [2.45, 2.75) is 0 Å². The number of rotatable bonds is 1. The lowest BCUT2D eigenvalue weighted by Crippen LogP contribution is -1.66. The Morgan fingerprint density at radius 1 is 1.83 bits per heavy atom. The van der Waals surface area contributed by atoms with E-state index in [2.05, 4.69) is 6.58 Å². The highest BCUT2D eigenvalue weighted by molar-refractivity contribution is 14.1. The summed E-state index contributed by atoms with van der Waals surface area (Å²) in [6, 6.07) is 0. The van der Waals surface area contributed by atoms with E-state index in [1.807, 2.05) is 0 Å². The first-order valence-electron chi connectivity index (χ1n) is 1.09. The molecule has 1 nitrogen and oxygen atoms in total. The number of carbonyl (C=O) groups is 1. The lowest BCUT2D eigenvalue weighted by atomic mass is 10.8. The van der Waals surface area contributed by atoms with Crippen LogP contribution in [-0.2, 0) is 4.79 Å². The third kappa shape index (κ3) is 8.82. The molecule has 0 rings (SSSR count). The van der Waals surface area contributed by atoms with Crippen LogP contribution in [0.3, 0.4) is 0 Å². The first kappa shape index (κ1) is 9.83. The molecule has 0 fully saturated rings. The van der Waals surface area contributed by atoms with Gasteiger partial charge < -0.3 is 0 Å². The Morgan fingerprint density at radius 2 is 2.00 bits per heavy atom. The Morgan fingerprint density at radius 3 is 2.00 bits per heavy atom. The zero-order valence-electron chi connectivity index (χ0n) is 2.57. The van der Waals surface area contributed by atoms with Gasteiger partial charge in [0.1, 0.15) is 0 Å². The van der Waals surface area contributed by atoms with E-state index in [4.69, 9.17) is 0 Å². The second kappa shape index (κ2) is 5.67. The maximum absolute atomic E-state index is 9.68. The van der Waals surface area contributed by atoms with E-state index in [0.717, 1.165) is 0 Å². The smallest absolute Gasteiger partial charge is 0.214 e. The van der Waals surface area contributed by atoms with E-state index in [-0.39, 0.29) is 21.2 Å². The molecule has 0 saturated heterocycles. The molecule has 0 aliphatic rings. The van der Waals surface area contributed by atoms with Gasteiger partial charge in [0.15, 0.2) is 17.4 Å². The molecule has 0 aromatic heterocycles. The zero-order chi connectivity index (χ0) is 4.28. The Balaban J connectivity index is 0. The van der Waals surface area contributed by atoms with Crippen molar-refractivity contribution in [2.24, 2.45) is 0 Å². The normalized spacial score (nSPS) is 5.50. The van der Waals surface area contributed by atoms with Crippen LogP contribution in [0, 0.1) is 0 Å².